The molecule has 4 aromatic rings. The lowest BCUT2D eigenvalue weighted by Gasteiger charge is -2.10. The normalized spacial score (nSPS) is 10.1. The SMILES string of the molecule is O=C(Nc1ccccc1)Nc1ccc(Oc2cc(Nc3ccccc3)ncn2)cc1. The summed E-state index contributed by atoms with van der Waals surface area (Å²) < 4.78 is 5.79. The van der Waals surface area contributed by atoms with Gasteiger partial charge in [0.25, 0.3) is 0 Å². The molecule has 4 rings (SSSR count). The number of hydrogen-bond donors (Lipinski definition) is 3. The lowest BCUT2D eigenvalue weighted by Crippen LogP contribution is -2.19. The second kappa shape index (κ2) is 9.20. The summed E-state index contributed by atoms with van der Waals surface area (Å²) in [7, 11) is 0. The molecule has 0 saturated heterocycles. The Bertz CT molecular complexity index is 1100. The van der Waals surface area contributed by atoms with E-state index in [4.69, 9.17) is 4.74 Å². The number of aromatic nitrogens is 2. The summed E-state index contributed by atoms with van der Waals surface area (Å²) in [5.41, 5.74) is 2.29. The number of nitrogens with zero attached hydrogens (tertiary/aromatic N) is 2. The fourth-order valence-corrected chi connectivity index (χ4v) is 2.67. The number of carbonyl (C=O) groups excluding carboxylic acids is 1. The first kappa shape index (κ1) is 18.9. The zero-order chi connectivity index (χ0) is 20.6. The molecule has 3 aromatic carbocycles. The highest BCUT2D eigenvalue weighted by atomic mass is 16.5. The molecule has 1 aromatic heterocycles. The molecule has 0 aliphatic carbocycles. The molecular formula is C23H19N5O2. The predicted octanol–water partition coefficient (Wildman–Crippen LogP) is 5.66. The second-order valence-electron chi connectivity index (χ2n) is 6.30. The van der Waals surface area contributed by atoms with E-state index in [1.54, 1.807) is 30.3 Å². The van der Waals surface area contributed by atoms with Crippen LogP contribution in [0.3, 0.4) is 0 Å². The van der Waals surface area contributed by atoms with Gasteiger partial charge in [0.15, 0.2) is 0 Å². The lowest BCUT2D eigenvalue weighted by atomic mass is 10.3. The van der Waals surface area contributed by atoms with E-state index in [1.165, 1.54) is 6.33 Å². The average molecular weight is 397 g/mol. The Hall–Kier alpha value is -4.39. The van der Waals surface area contributed by atoms with E-state index >= 15 is 0 Å². The zero-order valence-corrected chi connectivity index (χ0v) is 15.9. The molecule has 7 heteroatoms. The van der Waals surface area contributed by atoms with Crippen LogP contribution >= 0.6 is 0 Å². The molecule has 0 aliphatic heterocycles. The maximum absolute atomic E-state index is 12.1. The van der Waals surface area contributed by atoms with Crippen molar-refractivity contribution in [2.45, 2.75) is 0 Å². The highest BCUT2D eigenvalue weighted by molar-refractivity contribution is 5.99. The van der Waals surface area contributed by atoms with Crippen molar-refractivity contribution in [1.82, 2.24) is 9.97 Å². The molecule has 3 N–H and O–H groups in total. The summed E-state index contributed by atoms with van der Waals surface area (Å²) in [5, 5.41) is 8.74. The van der Waals surface area contributed by atoms with Crippen molar-refractivity contribution in [2.75, 3.05) is 16.0 Å². The van der Waals surface area contributed by atoms with Crippen LogP contribution in [0.2, 0.25) is 0 Å². The topological polar surface area (TPSA) is 88.2 Å². The van der Waals surface area contributed by atoms with E-state index in [2.05, 4.69) is 25.9 Å². The number of benzene rings is 3. The average Bonchev–Trinajstić information content (AvgIpc) is 2.77. The third kappa shape index (κ3) is 5.32. The fraction of sp³-hybridized carbons (Fsp3) is 0. The number of ether oxygens (including phenoxy) is 1. The highest BCUT2D eigenvalue weighted by Gasteiger charge is 2.05. The molecule has 0 atom stereocenters. The first-order valence-corrected chi connectivity index (χ1v) is 9.30. The fourth-order valence-electron chi connectivity index (χ4n) is 2.67. The van der Waals surface area contributed by atoms with E-state index in [1.807, 2.05) is 60.7 Å². The standard InChI is InChI=1S/C23H19N5O2/c29-23(27-18-9-5-2-6-10-18)28-19-11-13-20(14-12-19)30-22-15-21(24-16-25-22)26-17-7-3-1-4-8-17/h1-16H,(H,24,25,26)(H2,27,28,29). The number of carbonyl (C=O) groups is 1. The van der Waals surface area contributed by atoms with Gasteiger partial charge in [0.2, 0.25) is 5.88 Å². The minimum Gasteiger partial charge on any atom is -0.439 e. The molecule has 0 fully saturated rings. The van der Waals surface area contributed by atoms with Gasteiger partial charge >= 0.3 is 6.03 Å². The third-order valence-electron chi connectivity index (χ3n) is 4.05. The molecule has 0 saturated carbocycles. The number of para-hydroxylation sites is 2. The van der Waals surface area contributed by atoms with Gasteiger partial charge < -0.3 is 20.7 Å². The molecule has 148 valence electrons. The lowest BCUT2D eigenvalue weighted by molar-refractivity contribution is 0.262. The van der Waals surface area contributed by atoms with Gasteiger partial charge in [-0.2, -0.15) is 0 Å². The van der Waals surface area contributed by atoms with Crippen LogP contribution in [-0.2, 0) is 0 Å². The van der Waals surface area contributed by atoms with Crippen LogP contribution in [0.1, 0.15) is 0 Å². The van der Waals surface area contributed by atoms with Gasteiger partial charge in [-0.25, -0.2) is 14.8 Å². The molecular weight excluding hydrogens is 378 g/mol. The van der Waals surface area contributed by atoms with E-state index < -0.39 is 0 Å². The predicted molar refractivity (Wildman–Crippen MR) is 117 cm³/mol. The van der Waals surface area contributed by atoms with E-state index in [9.17, 15) is 4.79 Å². The van der Waals surface area contributed by atoms with Crippen molar-refractivity contribution in [3.05, 3.63) is 97.3 Å². The van der Waals surface area contributed by atoms with Crippen molar-refractivity contribution in [1.29, 1.82) is 0 Å². The first-order chi connectivity index (χ1) is 14.7. The molecule has 0 aliphatic rings. The van der Waals surface area contributed by atoms with Crippen molar-refractivity contribution < 1.29 is 9.53 Å². The Kier molecular flexibility index (Phi) is 5.81. The third-order valence-corrected chi connectivity index (χ3v) is 4.05. The van der Waals surface area contributed by atoms with E-state index in [-0.39, 0.29) is 6.03 Å². The maximum Gasteiger partial charge on any atom is 0.323 e. The number of nitrogens with one attached hydrogen (secondary N) is 3. The van der Waals surface area contributed by atoms with Crippen LogP contribution in [0.25, 0.3) is 0 Å². The van der Waals surface area contributed by atoms with Gasteiger partial charge in [0.05, 0.1) is 0 Å². The van der Waals surface area contributed by atoms with Crippen molar-refractivity contribution in [2.24, 2.45) is 0 Å². The minimum atomic E-state index is -0.317. The molecule has 30 heavy (non-hydrogen) atoms. The summed E-state index contributed by atoms with van der Waals surface area (Å²) in [6.07, 6.45) is 1.43. The van der Waals surface area contributed by atoms with Crippen molar-refractivity contribution in [3.63, 3.8) is 0 Å². The van der Waals surface area contributed by atoms with Crippen LogP contribution in [0.5, 0.6) is 11.6 Å². The monoisotopic (exact) mass is 397 g/mol. The molecule has 0 radical (unpaired) electrons. The number of amides is 2. The van der Waals surface area contributed by atoms with Gasteiger partial charge in [-0.05, 0) is 48.5 Å². The molecule has 2 amide bonds. The van der Waals surface area contributed by atoms with Crippen molar-refractivity contribution in [3.8, 4) is 11.6 Å². The Morgan fingerprint density at radius 1 is 0.700 bits per heavy atom. The summed E-state index contributed by atoms with van der Waals surface area (Å²) in [5.74, 6) is 1.63. The number of urea groups is 1. The number of hydrogen-bond acceptors (Lipinski definition) is 5. The second-order valence-corrected chi connectivity index (χ2v) is 6.30. The molecule has 0 unspecified atom stereocenters. The molecule has 7 nitrogen and oxygen atoms in total. The Balaban J connectivity index is 1.35. The summed E-state index contributed by atoms with van der Waals surface area (Å²) >= 11 is 0. The van der Waals surface area contributed by atoms with Crippen LogP contribution in [0.15, 0.2) is 97.3 Å². The highest BCUT2D eigenvalue weighted by Crippen LogP contribution is 2.24. The number of anilines is 4. The molecule has 1 heterocycles. The summed E-state index contributed by atoms with van der Waals surface area (Å²) in [6, 6.07) is 27.4. The van der Waals surface area contributed by atoms with Gasteiger partial charge in [-0.3, -0.25) is 0 Å². The van der Waals surface area contributed by atoms with E-state index in [0.29, 0.717) is 23.1 Å². The first-order valence-electron chi connectivity index (χ1n) is 9.30. The Labute approximate surface area is 173 Å². The summed E-state index contributed by atoms with van der Waals surface area (Å²) in [6.45, 7) is 0. The number of rotatable bonds is 6. The van der Waals surface area contributed by atoms with Crippen LogP contribution in [-0.4, -0.2) is 16.0 Å². The summed E-state index contributed by atoms with van der Waals surface area (Å²) in [4.78, 5) is 20.4. The van der Waals surface area contributed by atoms with Gasteiger partial charge in [-0.1, -0.05) is 36.4 Å². The van der Waals surface area contributed by atoms with Crippen LogP contribution < -0.4 is 20.7 Å². The van der Waals surface area contributed by atoms with Crippen LogP contribution in [0.4, 0.5) is 27.7 Å². The largest absolute Gasteiger partial charge is 0.439 e. The Morgan fingerprint density at radius 3 is 1.97 bits per heavy atom. The minimum absolute atomic E-state index is 0.317. The van der Waals surface area contributed by atoms with Gasteiger partial charge in [-0.15, -0.1) is 0 Å². The van der Waals surface area contributed by atoms with Gasteiger partial charge in [0, 0.05) is 23.1 Å². The Morgan fingerprint density at radius 2 is 1.30 bits per heavy atom. The smallest absolute Gasteiger partial charge is 0.323 e. The molecule has 0 bridgehead atoms. The van der Waals surface area contributed by atoms with Gasteiger partial charge in [0.1, 0.15) is 17.9 Å². The zero-order valence-electron chi connectivity index (χ0n) is 15.9. The van der Waals surface area contributed by atoms with Crippen molar-refractivity contribution >= 4 is 28.9 Å². The van der Waals surface area contributed by atoms with E-state index in [0.717, 1.165) is 11.4 Å². The quantitative estimate of drug-likeness (QED) is 0.391. The van der Waals surface area contributed by atoms with Crippen LogP contribution in [0, 0.1) is 0 Å². The molecule has 0 spiro atoms. The maximum atomic E-state index is 12.1.